The number of nitrogens with two attached hydrogens (primary N) is 1. The molecule has 2 aliphatic heterocycles. The Morgan fingerprint density at radius 1 is 1.32 bits per heavy atom. The first-order valence-corrected chi connectivity index (χ1v) is 8.93. The van der Waals surface area contributed by atoms with Gasteiger partial charge in [-0.2, -0.15) is 0 Å². The molecule has 2 saturated heterocycles. The molecule has 1 aromatic carbocycles. The number of carbonyl (C=O) groups excluding carboxylic acids is 2. The molecule has 2 aliphatic rings. The van der Waals surface area contributed by atoms with Crippen molar-refractivity contribution in [3.8, 4) is 0 Å². The summed E-state index contributed by atoms with van der Waals surface area (Å²) in [6.45, 7) is 3.95. The smallest absolute Gasteiger partial charge is 0.327 e. The molecule has 2 heterocycles. The van der Waals surface area contributed by atoms with Crippen molar-refractivity contribution in [1.29, 1.82) is 0 Å². The van der Waals surface area contributed by atoms with Crippen molar-refractivity contribution >= 4 is 29.5 Å². The number of carboxylic acid groups (broad SMARTS) is 1. The van der Waals surface area contributed by atoms with E-state index in [1.54, 1.807) is 13.8 Å². The van der Waals surface area contributed by atoms with Crippen LogP contribution in [0.3, 0.4) is 0 Å². The molecule has 4 N–H and O–H groups in total. The molecule has 134 valence electrons. The third-order valence-corrected chi connectivity index (χ3v) is 6.25. The summed E-state index contributed by atoms with van der Waals surface area (Å²) < 4.78 is -0.599. The highest BCUT2D eigenvalue weighted by Gasteiger charge is 2.64. The van der Waals surface area contributed by atoms with Crippen LogP contribution < -0.4 is 11.1 Å². The van der Waals surface area contributed by atoms with E-state index >= 15 is 0 Å². The highest BCUT2D eigenvalue weighted by molar-refractivity contribution is 8.01. The molecule has 0 aliphatic carbocycles. The number of hydrogen-bond acceptors (Lipinski definition) is 5. The Morgan fingerprint density at radius 3 is 2.56 bits per heavy atom. The number of aliphatic carboxylic acids is 1. The van der Waals surface area contributed by atoms with Gasteiger partial charge in [-0.3, -0.25) is 9.59 Å². The zero-order chi connectivity index (χ0) is 18.4. The lowest BCUT2D eigenvalue weighted by atomic mass is 9.96. The number of nitrogens with one attached hydrogen (secondary N) is 1. The van der Waals surface area contributed by atoms with E-state index in [4.69, 9.17) is 5.73 Å². The molecule has 2 amide bonds. The van der Waals surface area contributed by atoms with Crippen LogP contribution in [0.5, 0.6) is 0 Å². The fraction of sp³-hybridized carbons (Fsp3) is 0.471. The maximum Gasteiger partial charge on any atom is 0.327 e. The second kappa shape index (κ2) is 6.34. The zero-order valence-corrected chi connectivity index (χ0v) is 14.9. The van der Waals surface area contributed by atoms with Gasteiger partial charge in [0.1, 0.15) is 17.5 Å². The summed E-state index contributed by atoms with van der Waals surface area (Å²) in [5.41, 5.74) is 7.40. The summed E-state index contributed by atoms with van der Waals surface area (Å²) in [6, 6.07) is 5.86. The lowest BCUT2D eigenvalue weighted by Crippen LogP contribution is -2.70. The molecular formula is C17H21N3O4S. The Kier molecular flexibility index (Phi) is 4.51. The topological polar surface area (TPSA) is 113 Å². The van der Waals surface area contributed by atoms with Crippen molar-refractivity contribution in [2.45, 2.75) is 49.0 Å². The second-order valence-corrected chi connectivity index (χ2v) is 8.56. The second-order valence-electron chi connectivity index (χ2n) is 6.79. The predicted octanol–water partition coefficient (Wildman–Crippen LogP) is 0.320. The number of thioether (sulfide) groups is 1. The molecule has 0 aromatic heterocycles. The Bertz CT molecular complexity index is 736. The lowest BCUT2D eigenvalue weighted by Gasteiger charge is -2.43. The Labute approximate surface area is 149 Å². The fourth-order valence-corrected chi connectivity index (χ4v) is 5.10. The van der Waals surface area contributed by atoms with E-state index in [0.29, 0.717) is 6.54 Å². The molecule has 8 heteroatoms. The highest BCUT2D eigenvalue weighted by atomic mass is 32.2. The van der Waals surface area contributed by atoms with Crippen LogP contribution in [-0.4, -0.2) is 50.0 Å². The number of nitrogens with zero attached hydrogens (tertiary/aromatic N) is 1. The van der Waals surface area contributed by atoms with Crippen LogP contribution in [0.25, 0.3) is 0 Å². The minimum atomic E-state index is -1.02. The van der Waals surface area contributed by atoms with Crippen LogP contribution in [0, 0.1) is 0 Å². The average molecular weight is 363 g/mol. The van der Waals surface area contributed by atoms with Crippen molar-refractivity contribution in [2.24, 2.45) is 5.73 Å². The molecule has 0 spiro atoms. The van der Waals surface area contributed by atoms with Gasteiger partial charge in [0.2, 0.25) is 11.8 Å². The Balaban J connectivity index is 1.68. The van der Waals surface area contributed by atoms with Crippen LogP contribution in [0.2, 0.25) is 0 Å². The number of carbonyl (C=O) groups is 3. The zero-order valence-electron chi connectivity index (χ0n) is 14.1. The van der Waals surface area contributed by atoms with Crippen LogP contribution >= 0.6 is 11.8 Å². The number of β-lactam (4-membered cyclic amide) rings is 1. The molecule has 7 nitrogen and oxygen atoms in total. The highest BCUT2D eigenvalue weighted by Crippen LogP contribution is 2.50. The van der Waals surface area contributed by atoms with E-state index in [0.717, 1.165) is 11.1 Å². The Hall–Kier alpha value is -2.06. The quantitative estimate of drug-likeness (QED) is 0.650. The minimum absolute atomic E-state index is 0.139. The molecule has 3 atom stereocenters. The van der Waals surface area contributed by atoms with Crippen LogP contribution in [0.15, 0.2) is 24.3 Å². The minimum Gasteiger partial charge on any atom is -0.480 e. The van der Waals surface area contributed by atoms with E-state index in [2.05, 4.69) is 5.32 Å². The van der Waals surface area contributed by atoms with Crippen LogP contribution in [0.4, 0.5) is 0 Å². The summed E-state index contributed by atoms with van der Waals surface area (Å²) >= 11 is 1.41. The average Bonchev–Trinajstić information content (AvgIpc) is 2.81. The van der Waals surface area contributed by atoms with Crippen molar-refractivity contribution in [2.75, 3.05) is 0 Å². The summed E-state index contributed by atoms with van der Waals surface area (Å²) in [4.78, 5) is 37.6. The summed E-state index contributed by atoms with van der Waals surface area (Å²) in [6.07, 6.45) is 0.139. The normalized spacial score (nSPS) is 26.8. The van der Waals surface area contributed by atoms with E-state index in [9.17, 15) is 19.5 Å². The third kappa shape index (κ3) is 3.00. The summed E-state index contributed by atoms with van der Waals surface area (Å²) in [5.74, 6) is -1.62. The van der Waals surface area contributed by atoms with Gasteiger partial charge in [0.05, 0.1) is 6.42 Å². The first-order chi connectivity index (χ1) is 11.8. The van der Waals surface area contributed by atoms with Crippen molar-refractivity contribution in [3.05, 3.63) is 35.4 Å². The fourth-order valence-electron chi connectivity index (χ4n) is 3.47. The van der Waals surface area contributed by atoms with Crippen molar-refractivity contribution in [3.63, 3.8) is 0 Å². The van der Waals surface area contributed by atoms with E-state index in [1.807, 2.05) is 24.3 Å². The first-order valence-electron chi connectivity index (χ1n) is 8.05. The van der Waals surface area contributed by atoms with E-state index in [-0.39, 0.29) is 23.6 Å². The number of benzene rings is 1. The van der Waals surface area contributed by atoms with Gasteiger partial charge in [0.25, 0.3) is 0 Å². The van der Waals surface area contributed by atoms with Crippen LogP contribution in [0.1, 0.15) is 25.0 Å². The molecular weight excluding hydrogens is 342 g/mol. The van der Waals surface area contributed by atoms with E-state index in [1.165, 1.54) is 16.7 Å². The van der Waals surface area contributed by atoms with Crippen LogP contribution in [-0.2, 0) is 27.3 Å². The van der Waals surface area contributed by atoms with Gasteiger partial charge < -0.3 is 21.1 Å². The molecule has 0 saturated carbocycles. The summed E-state index contributed by atoms with van der Waals surface area (Å²) in [5, 5.41) is 11.8. The number of amides is 2. The van der Waals surface area contributed by atoms with Gasteiger partial charge in [0, 0.05) is 11.3 Å². The van der Waals surface area contributed by atoms with Gasteiger partial charge in [-0.15, -0.1) is 11.8 Å². The monoisotopic (exact) mass is 363 g/mol. The molecule has 25 heavy (non-hydrogen) atoms. The third-order valence-electron chi connectivity index (χ3n) is 4.68. The molecule has 2 fully saturated rings. The number of fused-ring (bicyclic) bond motifs is 1. The summed E-state index contributed by atoms with van der Waals surface area (Å²) in [7, 11) is 0. The number of rotatable bonds is 5. The largest absolute Gasteiger partial charge is 0.480 e. The standard InChI is InChI=1S/C17H21N3O4S/c1-17(2)13(16(23)24)20-14(22)12(15(20)25-17)19-11(21)7-9-5-3-4-6-10(9)8-18/h3-6,12-13,15H,7-8,18H2,1-2H3,(H,19,21)(H,23,24)/t12-,13+,15-/m1/s1. The van der Waals surface area contributed by atoms with Gasteiger partial charge in [-0.25, -0.2) is 4.79 Å². The molecule has 3 rings (SSSR count). The Morgan fingerprint density at radius 2 is 1.96 bits per heavy atom. The van der Waals surface area contributed by atoms with Gasteiger partial charge in [-0.05, 0) is 25.0 Å². The van der Waals surface area contributed by atoms with E-state index < -0.39 is 22.8 Å². The number of hydrogen-bond donors (Lipinski definition) is 3. The molecule has 0 unspecified atom stereocenters. The van der Waals surface area contributed by atoms with Crippen molar-refractivity contribution < 1.29 is 19.5 Å². The molecule has 0 radical (unpaired) electrons. The maximum absolute atomic E-state index is 12.4. The first kappa shape index (κ1) is 17.8. The SMILES string of the molecule is CC1(C)S[C@@H]2[C@H](NC(=O)Cc3ccccc3CN)C(=O)N2[C@H]1C(=O)O. The molecule has 1 aromatic rings. The predicted molar refractivity (Wildman–Crippen MR) is 93.7 cm³/mol. The van der Waals surface area contributed by atoms with Gasteiger partial charge in [0.15, 0.2) is 0 Å². The van der Waals surface area contributed by atoms with Gasteiger partial charge in [-0.1, -0.05) is 24.3 Å². The lowest BCUT2D eigenvalue weighted by molar-refractivity contribution is -0.161. The molecule has 0 bridgehead atoms. The number of carboxylic acids is 1. The van der Waals surface area contributed by atoms with Gasteiger partial charge >= 0.3 is 5.97 Å². The van der Waals surface area contributed by atoms with Crippen molar-refractivity contribution in [1.82, 2.24) is 10.2 Å². The maximum atomic E-state index is 12.4.